The summed E-state index contributed by atoms with van der Waals surface area (Å²) in [7, 11) is 0. The second kappa shape index (κ2) is 7.97. The number of likely N-dealkylation sites (tertiary alicyclic amines) is 1. The molecular formula is C15H23N3O3. The lowest BCUT2D eigenvalue weighted by Gasteiger charge is -2.17. The van der Waals surface area contributed by atoms with Gasteiger partial charge in [-0.3, -0.25) is 15.1 Å². The Balaban J connectivity index is 1.80. The minimum Gasteiger partial charge on any atom is -0.491 e. The first-order valence-corrected chi connectivity index (χ1v) is 7.30. The van der Waals surface area contributed by atoms with E-state index in [2.05, 4.69) is 10.3 Å². The number of hydrazine groups is 1. The summed E-state index contributed by atoms with van der Waals surface area (Å²) in [5.74, 6) is 5.95. The van der Waals surface area contributed by atoms with Gasteiger partial charge in [0.1, 0.15) is 12.4 Å². The molecule has 0 aliphatic carbocycles. The number of nitrogen functional groups attached to an aromatic ring is 1. The Hall–Kier alpha value is -1.63. The van der Waals surface area contributed by atoms with Gasteiger partial charge < -0.3 is 9.84 Å². The summed E-state index contributed by atoms with van der Waals surface area (Å²) < 4.78 is 5.71. The van der Waals surface area contributed by atoms with E-state index in [0.717, 1.165) is 32.5 Å². The zero-order chi connectivity index (χ0) is 15.1. The molecule has 0 saturated carbocycles. The first-order valence-electron chi connectivity index (χ1n) is 7.30. The van der Waals surface area contributed by atoms with E-state index >= 15 is 0 Å². The number of aliphatic hydroxyl groups is 1. The minimum atomic E-state index is -0.352. The monoisotopic (exact) mass is 293 g/mol. The van der Waals surface area contributed by atoms with Crippen molar-refractivity contribution in [1.82, 2.24) is 10.3 Å². The molecule has 1 aromatic carbocycles. The molecule has 0 aromatic heterocycles. The van der Waals surface area contributed by atoms with Crippen LogP contribution in [0.15, 0.2) is 24.3 Å². The number of ether oxygens (including phenoxy) is 1. The molecule has 1 heterocycles. The SMILES string of the molecule is NNC(=O)c1ccccc1OCCN1CCC(CCO)C1. The summed E-state index contributed by atoms with van der Waals surface area (Å²) >= 11 is 0. The molecule has 1 aliphatic heterocycles. The Morgan fingerprint density at radius 2 is 2.29 bits per heavy atom. The van der Waals surface area contributed by atoms with Gasteiger partial charge in [0.2, 0.25) is 0 Å². The number of hydrogen-bond donors (Lipinski definition) is 3. The van der Waals surface area contributed by atoms with E-state index in [4.69, 9.17) is 15.7 Å². The lowest BCUT2D eigenvalue weighted by atomic mass is 10.1. The van der Waals surface area contributed by atoms with Gasteiger partial charge in [0, 0.05) is 19.7 Å². The summed E-state index contributed by atoms with van der Waals surface area (Å²) in [6.07, 6.45) is 2.00. The maximum atomic E-state index is 11.6. The zero-order valence-electron chi connectivity index (χ0n) is 12.1. The number of carbonyl (C=O) groups excluding carboxylic acids is 1. The van der Waals surface area contributed by atoms with Crippen LogP contribution in [-0.4, -0.2) is 48.8 Å². The molecule has 1 aromatic rings. The number of aliphatic hydroxyl groups excluding tert-OH is 1. The highest BCUT2D eigenvalue weighted by molar-refractivity contribution is 5.96. The number of nitrogens with zero attached hydrogens (tertiary/aromatic N) is 1. The fraction of sp³-hybridized carbons (Fsp3) is 0.533. The van der Waals surface area contributed by atoms with Crippen molar-refractivity contribution in [2.24, 2.45) is 11.8 Å². The standard InChI is InChI=1S/C15H23N3O3/c16-17-15(20)13-3-1-2-4-14(13)21-10-8-18-7-5-12(11-18)6-9-19/h1-4,12,19H,5-11,16H2,(H,17,20). The maximum Gasteiger partial charge on any atom is 0.268 e. The molecule has 2 rings (SSSR count). The molecule has 1 aliphatic rings. The van der Waals surface area contributed by atoms with Gasteiger partial charge in [-0.15, -0.1) is 0 Å². The summed E-state index contributed by atoms with van der Waals surface area (Å²) in [6, 6.07) is 7.06. The Labute approximate surface area is 124 Å². The Morgan fingerprint density at radius 1 is 1.48 bits per heavy atom. The van der Waals surface area contributed by atoms with Crippen LogP contribution in [-0.2, 0) is 0 Å². The van der Waals surface area contributed by atoms with Crippen LogP contribution in [0.5, 0.6) is 5.75 Å². The van der Waals surface area contributed by atoms with Gasteiger partial charge in [-0.05, 0) is 37.4 Å². The molecule has 0 bridgehead atoms. The lowest BCUT2D eigenvalue weighted by Crippen LogP contribution is -2.31. The van der Waals surface area contributed by atoms with Gasteiger partial charge >= 0.3 is 0 Å². The highest BCUT2D eigenvalue weighted by Gasteiger charge is 2.21. The van der Waals surface area contributed by atoms with Gasteiger partial charge in [0.15, 0.2) is 0 Å². The molecule has 1 amide bonds. The van der Waals surface area contributed by atoms with Crippen molar-refractivity contribution >= 4 is 5.91 Å². The predicted molar refractivity (Wildman–Crippen MR) is 79.8 cm³/mol. The first-order chi connectivity index (χ1) is 10.2. The van der Waals surface area contributed by atoms with E-state index in [1.807, 2.05) is 6.07 Å². The fourth-order valence-corrected chi connectivity index (χ4v) is 2.68. The van der Waals surface area contributed by atoms with Crippen molar-refractivity contribution in [3.63, 3.8) is 0 Å². The average molecular weight is 293 g/mol. The number of amides is 1. The summed E-state index contributed by atoms with van der Waals surface area (Å²) in [6.45, 7) is 3.66. The van der Waals surface area contributed by atoms with Crippen LogP contribution in [0, 0.1) is 5.92 Å². The number of benzene rings is 1. The third-order valence-electron chi connectivity index (χ3n) is 3.84. The molecular weight excluding hydrogens is 270 g/mol. The second-order valence-electron chi connectivity index (χ2n) is 5.29. The Kier molecular flexibility index (Phi) is 5.98. The summed E-state index contributed by atoms with van der Waals surface area (Å²) in [5, 5.41) is 8.95. The minimum absolute atomic E-state index is 0.260. The number of nitrogens with one attached hydrogen (secondary N) is 1. The van der Waals surface area contributed by atoms with Crippen molar-refractivity contribution in [3.8, 4) is 5.75 Å². The fourth-order valence-electron chi connectivity index (χ4n) is 2.68. The van der Waals surface area contributed by atoms with Crippen molar-refractivity contribution < 1.29 is 14.6 Å². The Morgan fingerprint density at radius 3 is 3.05 bits per heavy atom. The van der Waals surface area contributed by atoms with Crippen LogP contribution in [0.4, 0.5) is 0 Å². The van der Waals surface area contributed by atoms with Crippen LogP contribution >= 0.6 is 0 Å². The molecule has 1 unspecified atom stereocenters. The van der Waals surface area contributed by atoms with E-state index in [1.54, 1.807) is 18.2 Å². The molecule has 0 radical (unpaired) electrons. The molecule has 116 valence electrons. The van der Waals surface area contributed by atoms with Gasteiger partial charge in [-0.25, -0.2) is 5.84 Å². The second-order valence-corrected chi connectivity index (χ2v) is 5.29. The van der Waals surface area contributed by atoms with Crippen molar-refractivity contribution in [3.05, 3.63) is 29.8 Å². The zero-order valence-corrected chi connectivity index (χ0v) is 12.1. The molecule has 6 heteroatoms. The average Bonchev–Trinajstić information content (AvgIpc) is 2.95. The quantitative estimate of drug-likeness (QED) is 0.384. The number of nitrogens with two attached hydrogens (primary N) is 1. The molecule has 6 nitrogen and oxygen atoms in total. The van der Waals surface area contributed by atoms with Crippen molar-refractivity contribution in [2.75, 3.05) is 32.8 Å². The van der Waals surface area contributed by atoms with Crippen LogP contribution in [0.2, 0.25) is 0 Å². The van der Waals surface area contributed by atoms with E-state index in [1.165, 1.54) is 0 Å². The highest BCUT2D eigenvalue weighted by atomic mass is 16.5. The van der Waals surface area contributed by atoms with E-state index in [9.17, 15) is 4.79 Å². The molecule has 4 N–H and O–H groups in total. The van der Waals surface area contributed by atoms with E-state index in [0.29, 0.717) is 23.8 Å². The largest absolute Gasteiger partial charge is 0.491 e. The first kappa shape index (κ1) is 15.8. The van der Waals surface area contributed by atoms with Gasteiger partial charge in [0.05, 0.1) is 5.56 Å². The number of hydrogen-bond acceptors (Lipinski definition) is 5. The van der Waals surface area contributed by atoms with E-state index in [-0.39, 0.29) is 12.5 Å². The summed E-state index contributed by atoms with van der Waals surface area (Å²) in [5.41, 5.74) is 2.56. The van der Waals surface area contributed by atoms with Gasteiger partial charge in [-0.1, -0.05) is 12.1 Å². The molecule has 1 fully saturated rings. The van der Waals surface area contributed by atoms with Crippen molar-refractivity contribution in [1.29, 1.82) is 0 Å². The topological polar surface area (TPSA) is 87.8 Å². The normalized spacial score (nSPS) is 18.7. The third-order valence-corrected chi connectivity index (χ3v) is 3.84. The molecule has 0 spiro atoms. The van der Waals surface area contributed by atoms with Gasteiger partial charge in [0.25, 0.3) is 5.91 Å². The Bertz CT molecular complexity index is 467. The highest BCUT2D eigenvalue weighted by Crippen LogP contribution is 2.20. The molecule has 21 heavy (non-hydrogen) atoms. The number of carbonyl (C=O) groups is 1. The van der Waals surface area contributed by atoms with Crippen LogP contribution < -0.4 is 16.0 Å². The predicted octanol–water partition coefficient (Wildman–Crippen LogP) is 0.373. The number of rotatable bonds is 7. The molecule has 1 atom stereocenters. The van der Waals surface area contributed by atoms with Crippen LogP contribution in [0.1, 0.15) is 23.2 Å². The third kappa shape index (κ3) is 4.42. The number of para-hydroxylation sites is 1. The smallest absolute Gasteiger partial charge is 0.268 e. The maximum absolute atomic E-state index is 11.6. The van der Waals surface area contributed by atoms with Crippen LogP contribution in [0.25, 0.3) is 0 Å². The lowest BCUT2D eigenvalue weighted by molar-refractivity contribution is 0.0949. The van der Waals surface area contributed by atoms with Crippen LogP contribution in [0.3, 0.4) is 0 Å². The summed E-state index contributed by atoms with van der Waals surface area (Å²) in [4.78, 5) is 13.9. The van der Waals surface area contributed by atoms with Crippen molar-refractivity contribution in [2.45, 2.75) is 12.8 Å². The van der Waals surface area contributed by atoms with E-state index < -0.39 is 0 Å². The van der Waals surface area contributed by atoms with Gasteiger partial charge in [-0.2, -0.15) is 0 Å². The molecule has 1 saturated heterocycles.